The molecule has 528 valence electrons. The zero-order chi connectivity index (χ0) is 66.1. The lowest BCUT2D eigenvalue weighted by Gasteiger charge is -2.21. The van der Waals surface area contributed by atoms with E-state index in [1.807, 2.05) is 0 Å². The number of hydrogen-bond donors (Lipinski definition) is 3. The normalized spacial score (nSPS) is 14.3. The number of aliphatic hydroxyl groups is 1. The summed E-state index contributed by atoms with van der Waals surface area (Å²) in [6.07, 6.45) is 42.1. The van der Waals surface area contributed by atoms with Crippen LogP contribution in [0.2, 0.25) is 0 Å². The molecule has 17 nitrogen and oxygen atoms in total. The molecule has 0 aromatic rings. The van der Waals surface area contributed by atoms with Gasteiger partial charge in [-0.1, -0.05) is 293 Å². The van der Waals surface area contributed by atoms with E-state index in [9.17, 15) is 43.2 Å². The van der Waals surface area contributed by atoms with E-state index < -0.39 is 97.5 Å². The van der Waals surface area contributed by atoms with Crippen molar-refractivity contribution in [1.29, 1.82) is 0 Å². The molecule has 3 N–H and O–H groups in total. The Hall–Kier alpha value is -1.94. The summed E-state index contributed by atoms with van der Waals surface area (Å²) < 4.78 is 68.2. The van der Waals surface area contributed by atoms with Gasteiger partial charge in [-0.05, 0) is 49.4 Å². The number of unbranched alkanes of at least 4 members (excludes halogenated alkanes) is 33. The molecule has 3 unspecified atom stereocenters. The van der Waals surface area contributed by atoms with Crippen molar-refractivity contribution in [1.82, 2.24) is 0 Å². The average molecular weight is 1310 g/mol. The Labute approximate surface area is 543 Å². The van der Waals surface area contributed by atoms with Gasteiger partial charge in [-0.3, -0.25) is 37.3 Å². The summed E-state index contributed by atoms with van der Waals surface area (Å²) in [7, 11) is -9.90. The van der Waals surface area contributed by atoms with Crippen molar-refractivity contribution >= 4 is 39.5 Å². The third-order valence-electron chi connectivity index (χ3n) is 16.1. The van der Waals surface area contributed by atoms with Crippen LogP contribution in [-0.4, -0.2) is 96.7 Å². The summed E-state index contributed by atoms with van der Waals surface area (Å²) in [6, 6.07) is 0. The van der Waals surface area contributed by atoms with Gasteiger partial charge >= 0.3 is 39.5 Å². The van der Waals surface area contributed by atoms with Crippen molar-refractivity contribution in [3.63, 3.8) is 0 Å². The minimum Gasteiger partial charge on any atom is -0.462 e. The van der Waals surface area contributed by atoms with Crippen LogP contribution in [0.5, 0.6) is 0 Å². The van der Waals surface area contributed by atoms with Crippen LogP contribution >= 0.6 is 15.6 Å². The number of hydrogen-bond acceptors (Lipinski definition) is 15. The highest BCUT2D eigenvalue weighted by Gasteiger charge is 2.30. The highest BCUT2D eigenvalue weighted by Crippen LogP contribution is 2.45. The van der Waals surface area contributed by atoms with E-state index in [0.717, 1.165) is 108 Å². The molecule has 5 atom stereocenters. The van der Waals surface area contributed by atoms with E-state index in [1.165, 1.54) is 141 Å². The molecule has 0 saturated carbocycles. The molecular weight excluding hydrogens is 1170 g/mol. The molecule has 0 aliphatic heterocycles. The first-order chi connectivity index (χ1) is 42.6. The smallest absolute Gasteiger partial charge is 0.462 e. The third-order valence-corrected chi connectivity index (χ3v) is 18.0. The number of ether oxygens (including phenoxy) is 4. The molecule has 0 saturated heterocycles. The minimum atomic E-state index is -4.95. The molecule has 0 aliphatic carbocycles. The van der Waals surface area contributed by atoms with Crippen molar-refractivity contribution in [2.45, 2.75) is 363 Å². The Morgan fingerprint density at radius 2 is 0.472 bits per heavy atom. The minimum absolute atomic E-state index is 0.102. The van der Waals surface area contributed by atoms with Crippen LogP contribution in [0.25, 0.3) is 0 Å². The van der Waals surface area contributed by atoms with Gasteiger partial charge < -0.3 is 33.8 Å². The zero-order valence-electron chi connectivity index (χ0n) is 58.1. The van der Waals surface area contributed by atoms with Crippen molar-refractivity contribution in [3.05, 3.63) is 0 Å². The van der Waals surface area contributed by atoms with Crippen LogP contribution in [-0.2, 0) is 65.4 Å². The maximum Gasteiger partial charge on any atom is 0.472 e. The molecule has 0 radical (unpaired) electrons. The third kappa shape index (κ3) is 64.6. The van der Waals surface area contributed by atoms with Crippen LogP contribution in [0.3, 0.4) is 0 Å². The van der Waals surface area contributed by atoms with Gasteiger partial charge in [0.05, 0.1) is 26.4 Å². The maximum atomic E-state index is 13.0. The van der Waals surface area contributed by atoms with Crippen LogP contribution in [0, 0.1) is 23.7 Å². The molecule has 19 heteroatoms. The molecule has 0 amide bonds. The number of aliphatic hydroxyl groups excluding tert-OH is 1. The molecule has 0 heterocycles. The van der Waals surface area contributed by atoms with E-state index in [4.69, 9.17) is 37.0 Å². The van der Waals surface area contributed by atoms with E-state index in [1.54, 1.807) is 0 Å². The van der Waals surface area contributed by atoms with Crippen molar-refractivity contribution in [3.8, 4) is 0 Å². The van der Waals surface area contributed by atoms with Gasteiger partial charge in [0, 0.05) is 25.7 Å². The van der Waals surface area contributed by atoms with Crippen LogP contribution in [0.1, 0.15) is 344 Å². The van der Waals surface area contributed by atoms with Gasteiger partial charge in [-0.15, -0.1) is 0 Å². The van der Waals surface area contributed by atoms with Gasteiger partial charge in [-0.2, -0.15) is 0 Å². The van der Waals surface area contributed by atoms with Gasteiger partial charge in [-0.25, -0.2) is 9.13 Å². The number of phosphoric acid groups is 2. The van der Waals surface area contributed by atoms with E-state index in [0.29, 0.717) is 37.5 Å². The van der Waals surface area contributed by atoms with Gasteiger partial charge in [0.25, 0.3) is 0 Å². The summed E-state index contributed by atoms with van der Waals surface area (Å²) in [5, 5.41) is 10.6. The summed E-state index contributed by atoms with van der Waals surface area (Å²) in [5.41, 5.74) is 0. The standard InChI is InChI=1S/C70H136O17P2/c1-60(2)46-38-30-22-17-15-13-11-9-10-12-14-16-18-25-34-42-50-67(72)80-57-66(87-70(75)53-45-37-29-28-33-41-49-63(7)8)59-85-89(78,79)83-55-64(71)54-82-88(76,77)84-58-65(56-81-68(73)51-43-35-27-21-24-32-40-48-62(5)6)86-69(74)52-44-36-26-20-19-23-31-39-47-61(3)4/h60-66,71H,9-59H2,1-8H3,(H,76,77)(H,78,79)/t64?,65-,66-/m1/s1. The molecule has 0 spiro atoms. The predicted molar refractivity (Wildman–Crippen MR) is 358 cm³/mol. The molecule has 0 aliphatic rings. The second-order valence-electron chi connectivity index (χ2n) is 27.2. The Balaban J connectivity index is 5.15. The molecule has 0 bridgehead atoms. The summed E-state index contributed by atoms with van der Waals surface area (Å²) >= 11 is 0. The van der Waals surface area contributed by atoms with Gasteiger partial charge in [0.15, 0.2) is 12.2 Å². The monoisotopic (exact) mass is 1310 g/mol. The van der Waals surface area contributed by atoms with Crippen molar-refractivity contribution in [2.75, 3.05) is 39.6 Å². The fraction of sp³-hybridized carbons (Fsp3) is 0.943. The second kappa shape index (κ2) is 59.8. The second-order valence-corrected chi connectivity index (χ2v) is 30.1. The number of phosphoric ester groups is 2. The molecule has 89 heavy (non-hydrogen) atoms. The molecule has 0 rings (SSSR count). The van der Waals surface area contributed by atoms with E-state index in [-0.39, 0.29) is 25.7 Å². The van der Waals surface area contributed by atoms with Crippen molar-refractivity contribution in [2.24, 2.45) is 23.7 Å². The Kier molecular flexibility index (Phi) is 58.5. The first-order valence-electron chi connectivity index (χ1n) is 36.2. The highest BCUT2D eigenvalue weighted by atomic mass is 31.2. The Morgan fingerprint density at radius 1 is 0.281 bits per heavy atom. The van der Waals surface area contributed by atoms with Gasteiger partial charge in [0.1, 0.15) is 19.3 Å². The Bertz CT molecular complexity index is 1760. The first kappa shape index (κ1) is 87.1. The Morgan fingerprint density at radius 3 is 0.697 bits per heavy atom. The highest BCUT2D eigenvalue weighted by molar-refractivity contribution is 7.47. The largest absolute Gasteiger partial charge is 0.472 e. The predicted octanol–water partition coefficient (Wildman–Crippen LogP) is 19.7. The fourth-order valence-corrected chi connectivity index (χ4v) is 12.1. The number of carbonyl (C=O) groups excluding carboxylic acids is 4. The first-order valence-corrected chi connectivity index (χ1v) is 39.2. The molecule has 0 aromatic heterocycles. The number of esters is 4. The number of rotatable bonds is 67. The van der Waals surface area contributed by atoms with Crippen molar-refractivity contribution < 1.29 is 80.2 Å². The SMILES string of the molecule is CC(C)CCCCCCCCCCCCCCCCCCC(=O)OC[C@H](COP(=O)(O)OCC(O)COP(=O)(O)OC[C@@H](COC(=O)CCCCCCCCCC(C)C)OC(=O)CCCCCCCCCCC(C)C)OC(=O)CCCCCCCCC(C)C. The van der Waals surface area contributed by atoms with Crippen LogP contribution in [0.4, 0.5) is 0 Å². The maximum absolute atomic E-state index is 13.0. The van der Waals surface area contributed by atoms with E-state index in [2.05, 4.69) is 55.4 Å². The van der Waals surface area contributed by atoms with Gasteiger partial charge in [0.2, 0.25) is 0 Å². The lowest BCUT2D eigenvalue weighted by atomic mass is 10.0. The van der Waals surface area contributed by atoms with Crippen LogP contribution < -0.4 is 0 Å². The fourth-order valence-electron chi connectivity index (χ4n) is 10.5. The number of carbonyl (C=O) groups is 4. The summed E-state index contributed by atoms with van der Waals surface area (Å²) in [4.78, 5) is 72.4. The molecule has 0 aromatic carbocycles. The van der Waals surface area contributed by atoms with E-state index >= 15 is 0 Å². The summed E-state index contributed by atoms with van der Waals surface area (Å²) in [6.45, 7) is 14.0. The topological polar surface area (TPSA) is 237 Å². The molecule has 0 fully saturated rings. The lowest BCUT2D eigenvalue weighted by molar-refractivity contribution is -0.161. The quantitative estimate of drug-likeness (QED) is 0.0222. The van der Waals surface area contributed by atoms with Crippen LogP contribution in [0.15, 0.2) is 0 Å². The summed E-state index contributed by atoms with van der Waals surface area (Å²) in [5.74, 6) is 0.769. The zero-order valence-corrected chi connectivity index (χ0v) is 59.8. The lowest BCUT2D eigenvalue weighted by Crippen LogP contribution is -2.30. The average Bonchev–Trinajstić information content (AvgIpc) is 3.48. The molecular formula is C70H136O17P2.